The topological polar surface area (TPSA) is 94.0 Å². The van der Waals surface area contributed by atoms with Gasteiger partial charge in [-0.2, -0.15) is 0 Å². The molecule has 0 fully saturated rings. The molecule has 1 amide bonds. The molecular formula is C6H7ClN4O. The van der Waals surface area contributed by atoms with Crippen molar-refractivity contribution in [3.63, 3.8) is 0 Å². The van der Waals surface area contributed by atoms with Gasteiger partial charge in [-0.3, -0.25) is 4.79 Å². The molecule has 0 unspecified atom stereocenters. The van der Waals surface area contributed by atoms with E-state index in [0.717, 1.165) is 0 Å². The molecule has 1 heterocycles. The molecule has 0 aliphatic rings. The Morgan fingerprint density at radius 3 is 2.75 bits per heavy atom. The van der Waals surface area contributed by atoms with Crippen molar-refractivity contribution in [2.24, 2.45) is 11.6 Å². The number of nitrogens with one attached hydrogen (secondary N) is 1. The summed E-state index contributed by atoms with van der Waals surface area (Å²) in [4.78, 5) is 14.4. The molecule has 0 aliphatic carbocycles. The SMILES string of the molecule is NNc1ccc(Cl)c(C(N)=O)n1. The number of pyridine rings is 1. The Bertz CT molecular complexity index is 314. The van der Waals surface area contributed by atoms with E-state index in [2.05, 4.69) is 10.4 Å². The Balaban J connectivity index is 3.17. The zero-order valence-corrected chi connectivity index (χ0v) is 6.80. The first-order valence-corrected chi connectivity index (χ1v) is 3.46. The zero-order chi connectivity index (χ0) is 9.14. The second-order valence-corrected chi connectivity index (χ2v) is 2.44. The predicted octanol–water partition coefficient (Wildman–Crippen LogP) is 0.120. The third-order valence-corrected chi connectivity index (χ3v) is 1.53. The first-order chi connectivity index (χ1) is 5.65. The third-order valence-electron chi connectivity index (χ3n) is 1.23. The molecule has 1 aromatic heterocycles. The molecule has 5 N–H and O–H groups in total. The Morgan fingerprint density at radius 2 is 2.25 bits per heavy atom. The molecule has 0 aromatic carbocycles. The van der Waals surface area contributed by atoms with Crippen molar-refractivity contribution in [2.75, 3.05) is 5.43 Å². The first kappa shape index (κ1) is 8.76. The fourth-order valence-electron chi connectivity index (χ4n) is 0.695. The van der Waals surface area contributed by atoms with Gasteiger partial charge in [0.1, 0.15) is 11.5 Å². The van der Waals surface area contributed by atoms with E-state index < -0.39 is 5.91 Å². The molecule has 0 aliphatic heterocycles. The van der Waals surface area contributed by atoms with E-state index in [9.17, 15) is 4.79 Å². The van der Waals surface area contributed by atoms with Crippen molar-refractivity contribution in [3.05, 3.63) is 22.8 Å². The van der Waals surface area contributed by atoms with E-state index in [1.165, 1.54) is 12.1 Å². The number of hydrogen-bond donors (Lipinski definition) is 3. The lowest BCUT2D eigenvalue weighted by atomic mass is 10.3. The summed E-state index contributed by atoms with van der Waals surface area (Å²) in [5.74, 6) is 4.72. The quantitative estimate of drug-likeness (QED) is 0.452. The molecule has 6 heteroatoms. The van der Waals surface area contributed by atoms with E-state index in [1.54, 1.807) is 0 Å². The minimum atomic E-state index is -0.683. The van der Waals surface area contributed by atoms with Gasteiger partial charge in [-0.1, -0.05) is 11.6 Å². The van der Waals surface area contributed by atoms with Crippen LogP contribution < -0.4 is 17.0 Å². The Kier molecular flexibility index (Phi) is 2.47. The summed E-state index contributed by atoms with van der Waals surface area (Å²) in [5.41, 5.74) is 7.26. The molecule has 1 rings (SSSR count). The molecule has 1 aromatic rings. The van der Waals surface area contributed by atoms with Crippen molar-refractivity contribution in [1.29, 1.82) is 0 Å². The first-order valence-electron chi connectivity index (χ1n) is 3.08. The molecule has 64 valence electrons. The second-order valence-electron chi connectivity index (χ2n) is 2.04. The van der Waals surface area contributed by atoms with Gasteiger partial charge in [-0.15, -0.1) is 0 Å². The van der Waals surface area contributed by atoms with Gasteiger partial charge in [-0.05, 0) is 12.1 Å². The summed E-state index contributed by atoms with van der Waals surface area (Å²) >= 11 is 5.62. The lowest BCUT2D eigenvalue weighted by Gasteiger charge is -2.01. The summed E-state index contributed by atoms with van der Waals surface area (Å²) in [6.07, 6.45) is 0. The van der Waals surface area contributed by atoms with Crippen molar-refractivity contribution in [2.45, 2.75) is 0 Å². The lowest BCUT2D eigenvalue weighted by molar-refractivity contribution is 0.0996. The van der Waals surface area contributed by atoms with Crippen LogP contribution in [0.3, 0.4) is 0 Å². The largest absolute Gasteiger partial charge is 0.364 e. The average Bonchev–Trinajstić information content (AvgIpc) is 2.05. The van der Waals surface area contributed by atoms with Gasteiger partial charge in [0.15, 0.2) is 0 Å². The third kappa shape index (κ3) is 1.63. The van der Waals surface area contributed by atoms with Crippen LogP contribution in [0, 0.1) is 0 Å². The highest BCUT2D eigenvalue weighted by Crippen LogP contribution is 2.15. The van der Waals surface area contributed by atoms with Gasteiger partial charge >= 0.3 is 0 Å². The maximum absolute atomic E-state index is 10.7. The summed E-state index contributed by atoms with van der Waals surface area (Å²) in [6, 6.07) is 3.03. The van der Waals surface area contributed by atoms with Gasteiger partial charge < -0.3 is 11.2 Å². The van der Waals surface area contributed by atoms with Crippen LogP contribution in [0.15, 0.2) is 12.1 Å². The van der Waals surface area contributed by atoms with Crippen LogP contribution in [0.4, 0.5) is 5.82 Å². The van der Waals surface area contributed by atoms with Crippen molar-refractivity contribution in [3.8, 4) is 0 Å². The fourth-order valence-corrected chi connectivity index (χ4v) is 0.894. The van der Waals surface area contributed by atoms with Crippen LogP contribution in [0.5, 0.6) is 0 Å². The number of anilines is 1. The predicted molar refractivity (Wildman–Crippen MR) is 45.6 cm³/mol. The molecule has 5 nitrogen and oxygen atoms in total. The van der Waals surface area contributed by atoms with Crippen LogP contribution in [0.2, 0.25) is 5.02 Å². The highest BCUT2D eigenvalue weighted by molar-refractivity contribution is 6.33. The molecule has 0 radical (unpaired) electrons. The maximum Gasteiger partial charge on any atom is 0.268 e. The van der Waals surface area contributed by atoms with E-state index >= 15 is 0 Å². The van der Waals surface area contributed by atoms with E-state index in [1.807, 2.05) is 0 Å². The highest BCUT2D eigenvalue weighted by Gasteiger charge is 2.08. The number of aromatic nitrogens is 1. The van der Waals surface area contributed by atoms with Crippen LogP contribution >= 0.6 is 11.6 Å². The molecular weight excluding hydrogens is 180 g/mol. The fraction of sp³-hybridized carbons (Fsp3) is 0. The summed E-state index contributed by atoms with van der Waals surface area (Å²) in [5, 5.41) is 0.210. The van der Waals surface area contributed by atoms with Crippen molar-refractivity contribution in [1.82, 2.24) is 4.98 Å². The molecule has 12 heavy (non-hydrogen) atoms. The average molecular weight is 187 g/mol. The smallest absolute Gasteiger partial charge is 0.268 e. The Labute approximate surface area is 73.7 Å². The van der Waals surface area contributed by atoms with Crippen molar-refractivity contribution >= 4 is 23.3 Å². The van der Waals surface area contributed by atoms with E-state index in [0.29, 0.717) is 5.82 Å². The summed E-state index contributed by atoms with van der Waals surface area (Å²) < 4.78 is 0. The number of hydrogen-bond acceptors (Lipinski definition) is 4. The second kappa shape index (κ2) is 3.38. The number of nitrogen functional groups attached to an aromatic ring is 1. The van der Waals surface area contributed by atoms with Crippen LogP contribution in [-0.2, 0) is 0 Å². The van der Waals surface area contributed by atoms with Crippen LogP contribution in [-0.4, -0.2) is 10.9 Å². The minimum Gasteiger partial charge on any atom is -0.364 e. The van der Waals surface area contributed by atoms with E-state index in [4.69, 9.17) is 23.2 Å². The zero-order valence-electron chi connectivity index (χ0n) is 6.04. The van der Waals surface area contributed by atoms with Gasteiger partial charge in [0.2, 0.25) is 0 Å². The number of rotatable bonds is 2. The summed E-state index contributed by atoms with van der Waals surface area (Å²) in [6.45, 7) is 0. The number of hydrazine groups is 1. The van der Waals surface area contributed by atoms with Crippen LogP contribution in [0.25, 0.3) is 0 Å². The summed E-state index contributed by atoms with van der Waals surface area (Å²) in [7, 11) is 0. The van der Waals surface area contributed by atoms with Gasteiger partial charge in [-0.25, -0.2) is 10.8 Å². The molecule has 0 bridgehead atoms. The molecule has 0 spiro atoms. The Morgan fingerprint density at radius 1 is 1.58 bits per heavy atom. The number of carbonyl (C=O) groups is 1. The minimum absolute atomic E-state index is 0.00659. The molecule has 0 saturated carbocycles. The number of nitrogens with zero attached hydrogens (tertiary/aromatic N) is 1. The number of amides is 1. The molecule has 0 saturated heterocycles. The Hall–Kier alpha value is -1.33. The highest BCUT2D eigenvalue weighted by atomic mass is 35.5. The lowest BCUT2D eigenvalue weighted by Crippen LogP contribution is -2.16. The van der Waals surface area contributed by atoms with Gasteiger partial charge in [0.05, 0.1) is 5.02 Å². The normalized spacial score (nSPS) is 9.50. The van der Waals surface area contributed by atoms with E-state index in [-0.39, 0.29) is 10.7 Å². The number of nitrogens with two attached hydrogens (primary N) is 2. The van der Waals surface area contributed by atoms with Gasteiger partial charge in [0.25, 0.3) is 5.91 Å². The molecule has 0 atom stereocenters. The maximum atomic E-state index is 10.7. The number of primary amides is 1. The van der Waals surface area contributed by atoms with Crippen molar-refractivity contribution < 1.29 is 4.79 Å². The standard InChI is InChI=1S/C6H7ClN4O/c7-3-1-2-4(11-9)10-5(3)6(8)12/h1-2H,9H2,(H2,8,12)(H,10,11). The number of halogens is 1. The van der Waals surface area contributed by atoms with Gasteiger partial charge in [0, 0.05) is 0 Å². The monoisotopic (exact) mass is 186 g/mol. The van der Waals surface area contributed by atoms with Crippen LogP contribution in [0.1, 0.15) is 10.5 Å². The number of carbonyl (C=O) groups excluding carboxylic acids is 1.